The van der Waals surface area contributed by atoms with Crippen molar-refractivity contribution in [3.63, 3.8) is 0 Å². The predicted octanol–water partition coefficient (Wildman–Crippen LogP) is 4.97. The number of rotatable bonds is 5. The summed E-state index contributed by atoms with van der Waals surface area (Å²) in [5, 5.41) is 5.73. The quantitative estimate of drug-likeness (QED) is 0.491. The molecule has 4 aromatic rings. The second-order valence-corrected chi connectivity index (χ2v) is 8.63. The van der Waals surface area contributed by atoms with Crippen molar-refractivity contribution >= 4 is 22.4 Å². The summed E-state index contributed by atoms with van der Waals surface area (Å²) >= 11 is 0. The number of aryl methyl sites for hydroxylation is 1. The topological polar surface area (TPSA) is 44.3 Å². The fourth-order valence-electron chi connectivity index (χ4n) is 4.23. The lowest BCUT2D eigenvalue weighted by atomic mass is 10.0. The molecule has 1 aliphatic heterocycles. The molecule has 0 atom stereocenters. The van der Waals surface area contributed by atoms with E-state index in [1.807, 2.05) is 12.4 Å². The Balaban J connectivity index is 1.30. The highest BCUT2D eigenvalue weighted by molar-refractivity contribution is 5.92. The number of benzene rings is 2. The van der Waals surface area contributed by atoms with Crippen LogP contribution in [0.5, 0.6) is 0 Å². The fourth-order valence-corrected chi connectivity index (χ4v) is 4.23. The van der Waals surface area contributed by atoms with Crippen molar-refractivity contribution in [1.29, 1.82) is 0 Å². The smallest absolute Gasteiger partial charge is 0.135 e. The van der Waals surface area contributed by atoms with Crippen molar-refractivity contribution < 1.29 is 0 Å². The second kappa shape index (κ2) is 8.97. The molecule has 32 heavy (non-hydrogen) atoms. The minimum absolute atomic E-state index is 0.723. The van der Waals surface area contributed by atoms with Crippen LogP contribution < -0.4 is 10.2 Å². The first-order valence-corrected chi connectivity index (χ1v) is 11.2. The molecule has 2 aromatic carbocycles. The predicted molar refractivity (Wildman–Crippen MR) is 133 cm³/mol. The van der Waals surface area contributed by atoms with Crippen LogP contribution in [0.1, 0.15) is 11.1 Å². The van der Waals surface area contributed by atoms with Crippen LogP contribution in [0.4, 0.5) is 11.6 Å². The number of hydrogen-bond donors (Lipinski definition) is 1. The van der Waals surface area contributed by atoms with Gasteiger partial charge in [-0.1, -0.05) is 54.1 Å². The minimum Gasteiger partial charge on any atom is -0.365 e. The van der Waals surface area contributed by atoms with Crippen LogP contribution in [0.2, 0.25) is 0 Å². The highest BCUT2D eigenvalue weighted by Crippen LogP contribution is 2.26. The summed E-state index contributed by atoms with van der Waals surface area (Å²) < 4.78 is 0. The van der Waals surface area contributed by atoms with Crippen molar-refractivity contribution in [2.45, 2.75) is 13.5 Å². The zero-order valence-corrected chi connectivity index (χ0v) is 18.8. The molecule has 1 saturated heterocycles. The molecule has 0 bridgehead atoms. The van der Waals surface area contributed by atoms with E-state index < -0.39 is 0 Å². The molecule has 5 heteroatoms. The van der Waals surface area contributed by atoms with E-state index >= 15 is 0 Å². The van der Waals surface area contributed by atoms with E-state index in [1.165, 1.54) is 27.6 Å². The molecule has 0 saturated carbocycles. The summed E-state index contributed by atoms with van der Waals surface area (Å²) in [5.41, 5.74) is 4.99. The average Bonchev–Trinajstić information content (AvgIpc) is 2.83. The maximum Gasteiger partial charge on any atom is 0.135 e. The Morgan fingerprint density at radius 3 is 2.47 bits per heavy atom. The maximum absolute atomic E-state index is 4.75. The van der Waals surface area contributed by atoms with Crippen LogP contribution in [0.15, 0.2) is 73.1 Å². The summed E-state index contributed by atoms with van der Waals surface area (Å²) in [5.74, 6) is 1.93. The maximum atomic E-state index is 4.75. The fraction of sp³-hybridized carbons (Fsp3) is 0.259. The van der Waals surface area contributed by atoms with E-state index in [4.69, 9.17) is 4.98 Å². The van der Waals surface area contributed by atoms with Crippen molar-refractivity contribution in [3.05, 3.63) is 84.2 Å². The Hall–Kier alpha value is -3.44. The molecule has 5 rings (SSSR count). The zero-order valence-electron chi connectivity index (χ0n) is 18.8. The largest absolute Gasteiger partial charge is 0.365 e. The number of likely N-dealkylation sites (N-methyl/N-ethyl adjacent to an activating group) is 1. The Labute approximate surface area is 189 Å². The number of nitrogens with one attached hydrogen (secondary N) is 1. The third-order valence-corrected chi connectivity index (χ3v) is 6.23. The summed E-state index contributed by atoms with van der Waals surface area (Å²) in [6.45, 7) is 7.03. The third kappa shape index (κ3) is 4.43. The van der Waals surface area contributed by atoms with E-state index in [1.54, 1.807) is 0 Å². The standard InChI is InChI=1S/C27H29N5/c1-20-4-3-5-23(16-20)22-8-6-21(7-9-22)18-30-27-25-19-29-26(17-24(25)10-11-28-27)32-14-12-31(2)13-15-32/h3-11,16-17,19H,12-15,18H2,1-2H3,(H,28,30). The molecule has 1 fully saturated rings. The monoisotopic (exact) mass is 423 g/mol. The highest BCUT2D eigenvalue weighted by Gasteiger charge is 2.16. The second-order valence-electron chi connectivity index (χ2n) is 8.63. The van der Waals surface area contributed by atoms with E-state index in [0.29, 0.717) is 0 Å². The molecule has 1 aliphatic rings. The van der Waals surface area contributed by atoms with Crippen molar-refractivity contribution in [2.24, 2.45) is 0 Å². The van der Waals surface area contributed by atoms with Gasteiger partial charge in [0, 0.05) is 50.5 Å². The van der Waals surface area contributed by atoms with E-state index in [0.717, 1.165) is 49.7 Å². The summed E-state index contributed by atoms with van der Waals surface area (Å²) in [7, 11) is 2.17. The van der Waals surface area contributed by atoms with Gasteiger partial charge in [-0.2, -0.15) is 0 Å². The Kier molecular flexibility index (Phi) is 5.73. The zero-order chi connectivity index (χ0) is 21.9. The number of hydrogen-bond acceptors (Lipinski definition) is 5. The number of aromatic nitrogens is 2. The van der Waals surface area contributed by atoms with E-state index in [2.05, 4.69) is 94.7 Å². The first-order chi connectivity index (χ1) is 15.7. The number of piperazine rings is 1. The minimum atomic E-state index is 0.723. The van der Waals surface area contributed by atoms with Gasteiger partial charge in [0.1, 0.15) is 11.6 Å². The van der Waals surface area contributed by atoms with Gasteiger partial charge in [-0.3, -0.25) is 0 Å². The van der Waals surface area contributed by atoms with E-state index in [9.17, 15) is 0 Å². The van der Waals surface area contributed by atoms with Crippen LogP contribution in [0.3, 0.4) is 0 Å². The molecule has 1 N–H and O–H groups in total. The summed E-state index contributed by atoms with van der Waals surface area (Å²) in [4.78, 5) is 14.1. The molecule has 2 aromatic heterocycles. The van der Waals surface area contributed by atoms with Crippen molar-refractivity contribution in [2.75, 3.05) is 43.4 Å². The van der Waals surface area contributed by atoms with Crippen LogP contribution >= 0.6 is 0 Å². The van der Waals surface area contributed by atoms with Gasteiger partial charge in [0.15, 0.2) is 0 Å². The molecule has 0 radical (unpaired) electrons. The molecular formula is C27H29N5. The average molecular weight is 424 g/mol. The Bertz CT molecular complexity index is 1210. The Morgan fingerprint density at radius 2 is 1.69 bits per heavy atom. The van der Waals surface area contributed by atoms with Gasteiger partial charge in [-0.05, 0) is 48.2 Å². The van der Waals surface area contributed by atoms with Crippen LogP contribution in [-0.4, -0.2) is 48.1 Å². The van der Waals surface area contributed by atoms with Gasteiger partial charge >= 0.3 is 0 Å². The molecule has 0 unspecified atom stereocenters. The lowest BCUT2D eigenvalue weighted by molar-refractivity contribution is 0.312. The van der Waals surface area contributed by atoms with Gasteiger partial charge < -0.3 is 15.1 Å². The first kappa shape index (κ1) is 20.5. The summed E-state index contributed by atoms with van der Waals surface area (Å²) in [6.07, 6.45) is 3.83. The van der Waals surface area contributed by atoms with Crippen molar-refractivity contribution in [3.8, 4) is 11.1 Å². The lowest BCUT2D eigenvalue weighted by Crippen LogP contribution is -2.44. The molecular weight excluding hydrogens is 394 g/mol. The number of anilines is 2. The van der Waals surface area contributed by atoms with Crippen LogP contribution in [0.25, 0.3) is 21.9 Å². The third-order valence-electron chi connectivity index (χ3n) is 6.23. The molecule has 162 valence electrons. The SMILES string of the molecule is Cc1cccc(-c2ccc(CNc3nccc4cc(N5CCN(C)CC5)ncc34)cc2)c1. The van der Waals surface area contributed by atoms with E-state index in [-0.39, 0.29) is 0 Å². The summed E-state index contributed by atoms with van der Waals surface area (Å²) in [6, 6.07) is 21.6. The lowest BCUT2D eigenvalue weighted by Gasteiger charge is -2.33. The normalized spacial score (nSPS) is 14.6. The first-order valence-electron chi connectivity index (χ1n) is 11.2. The molecule has 0 amide bonds. The van der Waals surface area contributed by atoms with Gasteiger partial charge in [-0.15, -0.1) is 0 Å². The van der Waals surface area contributed by atoms with Gasteiger partial charge in [-0.25, -0.2) is 9.97 Å². The molecule has 5 nitrogen and oxygen atoms in total. The van der Waals surface area contributed by atoms with Gasteiger partial charge in [0.2, 0.25) is 0 Å². The van der Waals surface area contributed by atoms with Gasteiger partial charge in [0.05, 0.1) is 0 Å². The molecule has 0 aliphatic carbocycles. The number of fused-ring (bicyclic) bond motifs is 1. The van der Waals surface area contributed by atoms with Crippen LogP contribution in [-0.2, 0) is 6.54 Å². The molecule has 3 heterocycles. The van der Waals surface area contributed by atoms with Crippen LogP contribution in [0, 0.1) is 6.92 Å². The highest BCUT2D eigenvalue weighted by atomic mass is 15.3. The molecule has 0 spiro atoms. The number of nitrogens with zero attached hydrogens (tertiary/aromatic N) is 4. The number of pyridine rings is 2. The Morgan fingerprint density at radius 1 is 0.875 bits per heavy atom. The van der Waals surface area contributed by atoms with Crippen molar-refractivity contribution in [1.82, 2.24) is 14.9 Å². The van der Waals surface area contributed by atoms with Gasteiger partial charge in [0.25, 0.3) is 0 Å².